The highest BCUT2D eigenvalue weighted by Gasteiger charge is 2.32. The molecule has 210 valence electrons. The molecule has 1 amide bonds. The first-order valence-corrected chi connectivity index (χ1v) is 13.8. The molecular formula is C25H21ClF4N6O3S. The van der Waals surface area contributed by atoms with Gasteiger partial charge in [0, 0.05) is 19.3 Å². The maximum Gasteiger partial charge on any atom is 0.416 e. The number of rotatable bonds is 5. The largest absolute Gasteiger partial charge is 0.416 e. The summed E-state index contributed by atoms with van der Waals surface area (Å²) in [5, 5.41) is 11.9. The van der Waals surface area contributed by atoms with Crippen molar-refractivity contribution in [2.45, 2.75) is 29.8 Å². The Hall–Kier alpha value is -3.75. The predicted molar refractivity (Wildman–Crippen MR) is 138 cm³/mol. The van der Waals surface area contributed by atoms with Gasteiger partial charge in [0.1, 0.15) is 22.1 Å². The standard InChI is InChI=1S/C25H21ClF4N6O3S/c26-19-6-3-16(25(28,29)30)11-20(19)34-22-18(12-32-23-21(40(31,38)39)13-33-36(22)23)24(37)35-9-7-15(8-10-35)14-1-4-17(27)5-2-14/h1-6,11-13,15,34H,7-10H2,(H2,31,38,39). The van der Waals surface area contributed by atoms with E-state index < -0.39 is 32.6 Å². The van der Waals surface area contributed by atoms with E-state index in [0.717, 1.165) is 40.7 Å². The maximum atomic E-state index is 13.7. The van der Waals surface area contributed by atoms with E-state index in [1.54, 1.807) is 17.0 Å². The minimum atomic E-state index is -4.67. The summed E-state index contributed by atoms with van der Waals surface area (Å²) in [4.78, 5) is 18.8. The average Bonchev–Trinajstić information content (AvgIpc) is 3.35. The zero-order valence-electron chi connectivity index (χ0n) is 20.5. The lowest BCUT2D eigenvalue weighted by molar-refractivity contribution is -0.137. The summed E-state index contributed by atoms with van der Waals surface area (Å²) in [5.74, 6) is -0.892. The number of piperidine rings is 1. The van der Waals surface area contributed by atoms with E-state index in [0.29, 0.717) is 25.9 Å². The van der Waals surface area contributed by atoms with Crippen LogP contribution in [0.25, 0.3) is 5.65 Å². The van der Waals surface area contributed by atoms with E-state index in [-0.39, 0.29) is 39.5 Å². The fraction of sp³-hybridized carbons (Fsp3) is 0.240. The van der Waals surface area contributed by atoms with E-state index in [2.05, 4.69) is 15.4 Å². The number of halogens is 5. The first-order chi connectivity index (χ1) is 18.8. The molecule has 3 N–H and O–H groups in total. The molecule has 0 radical (unpaired) electrons. The molecule has 5 rings (SSSR count). The molecule has 2 aromatic heterocycles. The number of fused-ring (bicyclic) bond motifs is 1. The summed E-state index contributed by atoms with van der Waals surface area (Å²) in [6, 6.07) is 8.79. The monoisotopic (exact) mass is 596 g/mol. The third-order valence-electron chi connectivity index (χ3n) is 6.70. The zero-order chi connectivity index (χ0) is 28.8. The van der Waals surface area contributed by atoms with Crippen LogP contribution in [0.15, 0.2) is 59.8 Å². The molecule has 40 heavy (non-hydrogen) atoms. The SMILES string of the molecule is NS(=O)(=O)c1cnn2c(Nc3cc(C(F)(F)F)ccc3Cl)c(C(=O)N3CCC(c4ccc(F)cc4)CC3)cnc12. The van der Waals surface area contributed by atoms with Crippen molar-refractivity contribution in [3.8, 4) is 0 Å². The molecule has 2 aromatic carbocycles. The number of anilines is 2. The fourth-order valence-electron chi connectivity index (χ4n) is 4.63. The average molecular weight is 597 g/mol. The number of hydrogen-bond donors (Lipinski definition) is 2. The van der Waals surface area contributed by atoms with Crippen molar-refractivity contribution >= 4 is 44.7 Å². The molecule has 1 saturated heterocycles. The van der Waals surface area contributed by atoms with Gasteiger partial charge in [0.25, 0.3) is 5.91 Å². The Morgan fingerprint density at radius 1 is 1.07 bits per heavy atom. The van der Waals surface area contributed by atoms with Crippen LogP contribution in [0, 0.1) is 5.82 Å². The molecule has 0 atom stereocenters. The van der Waals surface area contributed by atoms with Gasteiger partial charge in [-0.2, -0.15) is 22.8 Å². The number of nitrogens with two attached hydrogens (primary N) is 1. The van der Waals surface area contributed by atoms with Gasteiger partial charge in [-0.15, -0.1) is 0 Å². The molecule has 1 fully saturated rings. The molecule has 1 aliphatic heterocycles. The Bertz CT molecular complexity index is 1700. The fourth-order valence-corrected chi connectivity index (χ4v) is 5.39. The highest BCUT2D eigenvalue weighted by Crippen LogP contribution is 2.36. The maximum absolute atomic E-state index is 13.7. The summed E-state index contributed by atoms with van der Waals surface area (Å²) in [6.07, 6.45) is -1.45. The van der Waals surface area contributed by atoms with Crippen LogP contribution in [0.3, 0.4) is 0 Å². The third kappa shape index (κ3) is 5.46. The minimum Gasteiger partial charge on any atom is -0.338 e. The molecule has 0 aliphatic carbocycles. The summed E-state index contributed by atoms with van der Waals surface area (Å²) in [7, 11) is -4.27. The summed E-state index contributed by atoms with van der Waals surface area (Å²) >= 11 is 6.18. The molecular weight excluding hydrogens is 576 g/mol. The lowest BCUT2D eigenvalue weighted by atomic mass is 9.89. The Morgan fingerprint density at radius 3 is 2.38 bits per heavy atom. The molecule has 4 aromatic rings. The number of nitrogens with one attached hydrogen (secondary N) is 1. The molecule has 0 spiro atoms. The molecule has 0 saturated carbocycles. The van der Waals surface area contributed by atoms with Crippen molar-refractivity contribution in [2.24, 2.45) is 5.14 Å². The van der Waals surface area contributed by atoms with Crippen LogP contribution in [0.4, 0.5) is 29.1 Å². The lowest BCUT2D eigenvalue weighted by Gasteiger charge is -2.32. The minimum absolute atomic E-state index is 0.0784. The molecule has 9 nitrogen and oxygen atoms in total. The third-order valence-corrected chi connectivity index (χ3v) is 7.93. The van der Waals surface area contributed by atoms with Gasteiger partial charge in [0.05, 0.1) is 22.5 Å². The van der Waals surface area contributed by atoms with Crippen molar-refractivity contribution in [3.05, 3.63) is 82.4 Å². The second-order valence-corrected chi connectivity index (χ2v) is 11.2. The van der Waals surface area contributed by atoms with Crippen LogP contribution in [0.1, 0.15) is 40.2 Å². The van der Waals surface area contributed by atoms with Crippen molar-refractivity contribution in [1.82, 2.24) is 19.5 Å². The molecule has 0 bridgehead atoms. The van der Waals surface area contributed by atoms with Crippen LogP contribution in [0.2, 0.25) is 5.02 Å². The Labute approximate surface area is 230 Å². The summed E-state index contributed by atoms with van der Waals surface area (Å²) < 4.78 is 78.5. The van der Waals surface area contributed by atoms with E-state index in [9.17, 15) is 30.8 Å². The van der Waals surface area contributed by atoms with Gasteiger partial charge < -0.3 is 10.2 Å². The lowest BCUT2D eigenvalue weighted by Crippen LogP contribution is -2.38. The van der Waals surface area contributed by atoms with E-state index >= 15 is 0 Å². The second kappa shape index (κ2) is 10.3. The highest BCUT2D eigenvalue weighted by molar-refractivity contribution is 7.89. The van der Waals surface area contributed by atoms with Crippen LogP contribution >= 0.6 is 11.6 Å². The van der Waals surface area contributed by atoms with E-state index in [4.69, 9.17) is 16.7 Å². The Kier molecular flexibility index (Phi) is 7.18. The first kappa shape index (κ1) is 27.8. The van der Waals surface area contributed by atoms with E-state index in [1.165, 1.54) is 12.1 Å². The number of aromatic nitrogens is 3. The quantitative estimate of drug-likeness (QED) is 0.314. The number of hydrogen-bond acceptors (Lipinski definition) is 6. The second-order valence-electron chi connectivity index (χ2n) is 9.25. The van der Waals surface area contributed by atoms with Crippen molar-refractivity contribution < 1.29 is 30.8 Å². The van der Waals surface area contributed by atoms with Crippen molar-refractivity contribution in [3.63, 3.8) is 0 Å². The topological polar surface area (TPSA) is 123 Å². The number of amides is 1. The van der Waals surface area contributed by atoms with Gasteiger partial charge in [-0.05, 0) is 54.7 Å². The van der Waals surface area contributed by atoms with Gasteiger partial charge in [0.2, 0.25) is 10.0 Å². The molecule has 15 heteroatoms. The number of carbonyl (C=O) groups excluding carboxylic acids is 1. The number of carbonyl (C=O) groups is 1. The molecule has 1 aliphatic rings. The van der Waals surface area contributed by atoms with E-state index in [1.807, 2.05) is 0 Å². The van der Waals surface area contributed by atoms with Crippen molar-refractivity contribution in [2.75, 3.05) is 18.4 Å². The van der Waals surface area contributed by atoms with Crippen LogP contribution < -0.4 is 10.5 Å². The number of primary sulfonamides is 1. The molecule has 3 heterocycles. The van der Waals surface area contributed by atoms with Crippen LogP contribution in [-0.2, 0) is 16.2 Å². The van der Waals surface area contributed by atoms with Crippen molar-refractivity contribution in [1.29, 1.82) is 0 Å². The van der Waals surface area contributed by atoms with Gasteiger partial charge in [-0.1, -0.05) is 23.7 Å². The van der Waals surface area contributed by atoms with Crippen LogP contribution in [-0.4, -0.2) is 46.9 Å². The first-order valence-electron chi connectivity index (χ1n) is 11.9. The Balaban J connectivity index is 1.52. The Morgan fingerprint density at radius 2 is 1.75 bits per heavy atom. The van der Waals surface area contributed by atoms with Gasteiger partial charge in [0.15, 0.2) is 5.65 Å². The number of likely N-dealkylation sites (tertiary alicyclic amines) is 1. The number of sulfonamides is 1. The number of alkyl halides is 3. The number of nitrogens with zero attached hydrogens (tertiary/aromatic N) is 4. The smallest absolute Gasteiger partial charge is 0.338 e. The zero-order valence-corrected chi connectivity index (χ0v) is 22.1. The summed E-state index contributed by atoms with van der Waals surface area (Å²) in [5.41, 5.74) is -0.554. The van der Waals surface area contributed by atoms with Gasteiger partial charge in [-0.3, -0.25) is 4.79 Å². The summed E-state index contributed by atoms with van der Waals surface area (Å²) in [6.45, 7) is 0.675. The molecule has 0 unspecified atom stereocenters. The normalized spacial score (nSPS) is 15.0. The number of benzene rings is 2. The van der Waals surface area contributed by atoms with Gasteiger partial charge in [-0.25, -0.2) is 22.9 Å². The van der Waals surface area contributed by atoms with Crippen LogP contribution in [0.5, 0.6) is 0 Å². The van der Waals surface area contributed by atoms with Gasteiger partial charge >= 0.3 is 6.18 Å². The highest BCUT2D eigenvalue weighted by atomic mass is 35.5. The predicted octanol–water partition coefficient (Wildman–Crippen LogP) is 4.95.